The molecular weight excluding hydrogens is 392 g/mol. The summed E-state index contributed by atoms with van der Waals surface area (Å²) in [4.78, 5) is 24.3. The molecule has 0 saturated heterocycles. The van der Waals surface area contributed by atoms with Crippen molar-refractivity contribution < 1.29 is 38.7 Å². The molecule has 1 saturated carbocycles. The van der Waals surface area contributed by atoms with Crippen molar-refractivity contribution in [2.24, 2.45) is 11.8 Å². The van der Waals surface area contributed by atoms with Crippen LogP contribution < -0.4 is 18.9 Å². The molecule has 1 aliphatic carbocycles. The number of benzene rings is 2. The summed E-state index contributed by atoms with van der Waals surface area (Å²) < 4.78 is 21.1. The normalized spacial score (nSPS) is 22.5. The van der Waals surface area contributed by atoms with Crippen molar-refractivity contribution in [2.45, 2.75) is 11.8 Å². The van der Waals surface area contributed by atoms with Crippen LogP contribution in [0.3, 0.4) is 0 Å². The number of ether oxygens (including phenoxy) is 4. The summed E-state index contributed by atoms with van der Waals surface area (Å²) in [5.41, 5.74) is 1.15. The van der Waals surface area contributed by atoms with Crippen molar-refractivity contribution in [3.8, 4) is 23.0 Å². The van der Waals surface area contributed by atoms with Gasteiger partial charge in [0.05, 0.1) is 40.3 Å². The van der Waals surface area contributed by atoms with Gasteiger partial charge in [0.1, 0.15) is 0 Å². The number of hydrogen-bond acceptors (Lipinski definition) is 6. The predicted octanol–water partition coefficient (Wildman–Crippen LogP) is 3.00. The SMILES string of the molecule is COc1ccc(C2C(C(=O)O)C(c3ccc(OC)c(OC)c3)C2C(=O)O)cc1OC. The van der Waals surface area contributed by atoms with E-state index in [1.807, 2.05) is 0 Å². The second kappa shape index (κ2) is 8.52. The van der Waals surface area contributed by atoms with E-state index in [-0.39, 0.29) is 0 Å². The number of rotatable bonds is 8. The third-order valence-electron chi connectivity index (χ3n) is 5.70. The number of hydrogen-bond donors (Lipinski definition) is 2. The summed E-state index contributed by atoms with van der Waals surface area (Å²) in [6.07, 6.45) is 0. The highest BCUT2D eigenvalue weighted by atomic mass is 16.5. The maximum atomic E-state index is 12.2. The van der Waals surface area contributed by atoms with Gasteiger partial charge in [0.25, 0.3) is 0 Å². The van der Waals surface area contributed by atoms with Crippen LogP contribution in [-0.2, 0) is 9.59 Å². The van der Waals surface area contributed by atoms with E-state index in [0.717, 1.165) is 0 Å². The summed E-state index contributed by atoms with van der Waals surface area (Å²) in [7, 11) is 5.93. The monoisotopic (exact) mass is 416 g/mol. The van der Waals surface area contributed by atoms with Gasteiger partial charge >= 0.3 is 11.9 Å². The molecular formula is C22H24O8. The second-order valence-electron chi connectivity index (χ2n) is 7.01. The van der Waals surface area contributed by atoms with Crippen LogP contribution >= 0.6 is 0 Å². The summed E-state index contributed by atoms with van der Waals surface area (Å²) in [6, 6.07) is 9.94. The minimum Gasteiger partial charge on any atom is -0.493 e. The zero-order valence-electron chi connectivity index (χ0n) is 17.1. The number of carboxylic acids is 2. The lowest BCUT2D eigenvalue weighted by Gasteiger charge is -2.48. The molecule has 30 heavy (non-hydrogen) atoms. The molecule has 0 heterocycles. The molecule has 1 aliphatic rings. The van der Waals surface area contributed by atoms with Crippen LogP contribution in [0.2, 0.25) is 0 Å². The number of aliphatic carboxylic acids is 2. The number of carbonyl (C=O) groups is 2. The molecule has 8 heteroatoms. The first-order valence-corrected chi connectivity index (χ1v) is 9.27. The second-order valence-corrected chi connectivity index (χ2v) is 7.01. The van der Waals surface area contributed by atoms with Crippen molar-refractivity contribution in [3.05, 3.63) is 47.5 Å². The minimum absolute atomic E-state index is 0.415. The Morgan fingerprint density at radius 2 is 0.967 bits per heavy atom. The van der Waals surface area contributed by atoms with Crippen molar-refractivity contribution >= 4 is 11.9 Å². The molecule has 0 radical (unpaired) electrons. The number of methoxy groups -OCH3 is 4. The van der Waals surface area contributed by atoms with Crippen LogP contribution in [0.15, 0.2) is 36.4 Å². The summed E-state index contributed by atoms with van der Waals surface area (Å²) >= 11 is 0. The van der Waals surface area contributed by atoms with Gasteiger partial charge < -0.3 is 29.2 Å². The third-order valence-corrected chi connectivity index (χ3v) is 5.70. The summed E-state index contributed by atoms with van der Waals surface area (Å²) in [5.74, 6) is -3.64. The zero-order valence-corrected chi connectivity index (χ0v) is 17.1. The molecule has 2 aromatic carbocycles. The largest absolute Gasteiger partial charge is 0.493 e. The van der Waals surface area contributed by atoms with Crippen molar-refractivity contribution in [2.75, 3.05) is 28.4 Å². The minimum atomic E-state index is -1.06. The number of carboxylic acid groups (broad SMARTS) is 2. The average molecular weight is 416 g/mol. The van der Waals surface area contributed by atoms with Crippen LogP contribution in [0.25, 0.3) is 0 Å². The van der Waals surface area contributed by atoms with Gasteiger partial charge in [-0.15, -0.1) is 0 Å². The molecule has 2 N–H and O–H groups in total. The van der Waals surface area contributed by atoms with E-state index in [1.54, 1.807) is 36.4 Å². The van der Waals surface area contributed by atoms with Gasteiger partial charge in [-0.3, -0.25) is 9.59 Å². The lowest BCUT2D eigenvalue weighted by molar-refractivity contribution is -0.159. The van der Waals surface area contributed by atoms with Crippen LogP contribution in [0, 0.1) is 11.8 Å². The summed E-state index contributed by atoms with van der Waals surface area (Å²) in [5, 5.41) is 19.9. The fourth-order valence-corrected chi connectivity index (χ4v) is 4.31. The molecule has 0 atom stereocenters. The maximum Gasteiger partial charge on any atom is 0.307 e. The van der Waals surface area contributed by atoms with Gasteiger partial charge in [-0.2, -0.15) is 0 Å². The Morgan fingerprint density at radius 3 is 1.23 bits per heavy atom. The first-order valence-electron chi connectivity index (χ1n) is 9.27. The van der Waals surface area contributed by atoms with Crippen LogP contribution in [0.4, 0.5) is 0 Å². The van der Waals surface area contributed by atoms with Gasteiger partial charge in [-0.05, 0) is 35.4 Å². The molecule has 1 fully saturated rings. The quantitative estimate of drug-likeness (QED) is 0.676. The maximum absolute atomic E-state index is 12.2. The Morgan fingerprint density at radius 1 is 0.633 bits per heavy atom. The Labute approximate surface area is 173 Å². The molecule has 0 bridgehead atoms. The highest BCUT2D eigenvalue weighted by molar-refractivity contribution is 5.83. The Bertz CT molecular complexity index is 869. The van der Waals surface area contributed by atoms with E-state index in [2.05, 4.69) is 0 Å². The van der Waals surface area contributed by atoms with E-state index in [0.29, 0.717) is 34.1 Å². The molecule has 0 aliphatic heterocycles. The highest BCUT2D eigenvalue weighted by Crippen LogP contribution is 2.58. The van der Waals surface area contributed by atoms with Crippen molar-refractivity contribution in [1.29, 1.82) is 0 Å². The fraction of sp³-hybridized carbons (Fsp3) is 0.364. The lowest BCUT2D eigenvalue weighted by Crippen LogP contribution is -2.50. The molecule has 0 amide bonds. The van der Waals surface area contributed by atoms with E-state index in [4.69, 9.17) is 18.9 Å². The average Bonchev–Trinajstić information content (AvgIpc) is 2.72. The zero-order chi connectivity index (χ0) is 22.0. The first-order chi connectivity index (χ1) is 14.4. The van der Waals surface area contributed by atoms with Gasteiger partial charge in [-0.1, -0.05) is 12.1 Å². The van der Waals surface area contributed by atoms with E-state index < -0.39 is 35.6 Å². The smallest absolute Gasteiger partial charge is 0.307 e. The third kappa shape index (κ3) is 3.49. The van der Waals surface area contributed by atoms with E-state index in [1.165, 1.54) is 28.4 Å². The van der Waals surface area contributed by atoms with Gasteiger partial charge in [0.2, 0.25) is 0 Å². The van der Waals surface area contributed by atoms with Crippen LogP contribution in [0.5, 0.6) is 23.0 Å². The first kappa shape index (κ1) is 21.3. The molecule has 160 valence electrons. The van der Waals surface area contributed by atoms with E-state index in [9.17, 15) is 19.8 Å². The van der Waals surface area contributed by atoms with Gasteiger partial charge in [0.15, 0.2) is 23.0 Å². The molecule has 0 spiro atoms. The van der Waals surface area contributed by atoms with Crippen LogP contribution in [-0.4, -0.2) is 50.6 Å². The van der Waals surface area contributed by atoms with Gasteiger partial charge in [0, 0.05) is 11.8 Å². The predicted molar refractivity (Wildman–Crippen MR) is 107 cm³/mol. The highest BCUT2D eigenvalue weighted by Gasteiger charge is 2.58. The standard InChI is InChI=1S/C22H24O8/c1-27-13-7-5-11(9-15(13)29-3)17-19(21(23)24)18(20(17)22(25)26)12-6-8-14(28-2)16(10-12)30-4/h5-10,17-20H,1-4H3,(H,23,24)(H,25,26). The summed E-state index contributed by atoms with van der Waals surface area (Å²) in [6.45, 7) is 0. The Balaban J connectivity index is 2.07. The molecule has 0 aromatic heterocycles. The lowest BCUT2D eigenvalue weighted by atomic mass is 9.52. The Hall–Kier alpha value is -3.42. The fourth-order valence-electron chi connectivity index (χ4n) is 4.31. The molecule has 3 rings (SSSR count). The topological polar surface area (TPSA) is 112 Å². The Kier molecular flexibility index (Phi) is 6.05. The van der Waals surface area contributed by atoms with Crippen LogP contribution in [0.1, 0.15) is 23.0 Å². The van der Waals surface area contributed by atoms with Gasteiger partial charge in [-0.25, -0.2) is 0 Å². The molecule has 8 nitrogen and oxygen atoms in total. The van der Waals surface area contributed by atoms with Crippen molar-refractivity contribution in [3.63, 3.8) is 0 Å². The molecule has 0 unspecified atom stereocenters. The van der Waals surface area contributed by atoms with Crippen molar-refractivity contribution in [1.82, 2.24) is 0 Å². The molecule has 2 aromatic rings. The van der Waals surface area contributed by atoms with E-state index >= 15 is 0 Å².